The Morgan fingerprint density at radius 3 is 2.33 bits per heavy atom. The molecule has 0 fully saturated rings. The van der Waals surface area contributed by atoms with Gasteiger partial charge in [-0.1, -0.05) is 6.92 Å². The molecule has 2 unspecified atom stereocenters. The number of carbonyl (C=O) groups excluding carboxylic acids is 2. The zero-order valence-corrected chi connectivity index (χ0v) is 16.8. The highest BCUT2D eigenvalue weighted by atomic mass is 16.6. The number of hydrogen-bond donors (Lipinski definition) is 0. The van der Waals surface area contributed by atoms with Gasteiger partial charge < -0.3 is 9.47 Å². The Labute approximate surface area is 173 Å². The van der Waals surface area contributed by atoms with Crippen molar-refractivity contribution in [3.63, 3.8) is 0 Å². The average Bonchev–Trinajstić information content (AvgIpc) is 3.03. The molecular weight excluding hydrogens is 390 g/mol. The largest absolute Gasteiger partial charge is 0.491 e. The monoisotopic (exact) mass is 411 g/mol. The number of amides is 1. The lowest BCUT2D eigenvalue weighted by Gasteiger charge is -2.16. The lowest BCUT2D eigenvalue weighted by Crippen LogP contribution is -2.35. The van der Waals surface area contributed by atoms with Crippen molar-refractivity contribution in [1.82, 2.24) is 0 Å². The standard InChI is InChI=1S/C21H21N3O6/c1-4-13(2)29-17-9-5-15(6-10-17)23-20(25)19(14(3)22-23)21(26)30-18-11-7-16(8-12-18)24(27)28/h5-13,19H,4H2,1-3H3. The van der Waals surface area contributed by atoms with Crippen molar-refractivity contribution in [3.05, 3.63) is 58.6 Å². The molecule has 0 saturated carbocycles. The van der Waals surface area contributed by atoms with Gasteiger partial charge in [0, 0.05) is 12.1 Å². The van der Waals surface area contributed by atoms with Crippen LogP contribution in [0.4, 0.5) is 11.4 Å². The van der Waals surface area contributed by atoms with Crippen molar-refractivity contribution in [1.29, 1.82) is 0 Å². The number of esters is 1. The van der Waals surface area contributed by atoms with E-state index in [9.17, 15) is 19.7 Å². The summed E-state index contributed by atoms with van der Waals surface area (Å²) in [5, 5.41) is 16.1. The van der Waals surface area contributed by atoms with Crippen LogP contribution in [0.25, 0.3) is 0 Å². The van der Waals surface area contributed by atoms with Gasteiger partial charge in [-0.2, -0.15) is 10.1 Å². The molecule has 9 nitrogen and oxygen atoms in total. The third kappa shape index (κ3) is 4.45. The molecule has 2 aromatic rings. The van der Waals surface area contributed by atoms with Crippen LogP contribution in [0.1, 0.15) is 27.2 Å². The van der Waals surface area contributed by atoms with Gasteiger partial charge >= 0.3 is 5.97 Å². The Hall–Kier alpha value is -3.75. The second-order valence-electron chi connectivity index (χ2n) is 6.83. The van der Waals surface area contributed by atoms with E-state index >= 15 is 0 Å². The highest BCUT2D eigenvalue weighted by Crippen LogP contribution is 2.28. The number of nitro benzene ring substituents is 1. The van der Waals surface area contributed by atoms with E-state index < -0.39 is 22.7 Å². The number of anilines is 1. The number of ether oxygens (including phenoxy) is 2. The first-order valence-electron chi connectivity index (χ1n) is 9.42. The minimum atomic E-state index is -1.18. The maximum absolute atomic E-state index is 12.8. The molecule has 1 amide bonds. The van der Waals surface area contributed by atoms with Crippen LogP contribution in [0.2, 0.25) is 0 Å². The van der Waals surface area contributed by atoms with E-state index in [1.807, 2.05) is 13.8 Å². The maximum atomic E-state index is 12.8. The summed E-state index contributed by atoms with van der Waals surface area (Å²) in [7, 11) is 0. The molecule has 0 spiro atoms. The van der Waals surface area contributed by atoms with E-state index in [1.54, 1.807) is 31.2 Å². The van der Waals surface area contributed by atoms with Crippen molar-refractivity contribution in [2.45, 2.75) is 33.3 Å². The number of hydrogen-bond acceptors (Lipinski definition) is 7. The number of rotatable bonds is 7. The molecule has 0 N–H and O–H groups in total. The number of non-ortho nitro benzene ring substituents is 1. The molecular formula is C21H21N3O6. The summed E-state index contributed by atoms with van der Waals surface area (Å²) in [4.78, 5) is 35.5. The van der Waals surface area contributed by atoms with Gasteiger partial charge in [-0.3, -0.25) is 19.7 Å². The van der Waals surface area contributed by atoms with E-state index in [2.05, 4.69) is 5.10 Å². The molecule has 156 valence electrons. The first-order valence-corrected chi connectivity index (χ1v) is 9.42. The first-order chi connectivity index (χ1) is 14.3. The summed E-state index contributed by atoms with van der Waals surface area (Å²) < 4.78 is 10.9. The van der Waals surface area contributed by atoms with E-state index in [1.165, 1.54) is 24.3 Å². The highest BCUT2D eigenvalue weighted by Gasteiger charge is 2.41. The average molecular weight is 411 g/mol. The molecule has 0 aromatic heterocycles. The van der Waals surface area contributed by atoms with E-state index in [0.717, 1.165) is 11.4 Å². The molecule has 3 rings (SSSR count). The fourth-order valence-electron chi connectivity index (χ4n) is 2.81. The van der Waals surface area contributed by atoms with E-state index in [-0.39, 0.29) is 17.5 Å². The predicted molar refractivity (Wildman–Crippen MR) is 110 cm³/mol. The van der Waals surface area contributed by atoms with Crippen LogP contribution < -0.4 is 14.5 Å². The van der Waals surface area contributed by atoms with Gasteiger partial charge in [0.1, 0.15) is 11.5 Å². The summed E-state index contributed by atoms with van der Waals surface area (Å²) in [5.74, 6) is -1.73. The van der Waals surface area contributed by atoms with E-state index in [0.29, 0.717) is 17.1 Å². The van der Waals surface area contributed by atoms with Crippen molar-refractivity contribution in [2.24, 2.45) is 11.0 Å². The van der Waals surface area contributed by atoms with Gasteiger partial charge in [-0.05, 0) is 56.7 Å². The maximum Gasteiger partial charge on any atom is 0.329 e. The fraction of sp³-hybridized carbons (Fsp3) is 0.286. The van der Waals surface area contributed by atoms with Crippen molar-refractivity contribution in [2.75, 3.05) is 5.01 Å². The first kappa shape index (κ1) is 21.0. The second-order valence-corrected chi connectivity index (χ2v) is 6.83. The fourth-order valence-corrected chi connectivity index (χ4v) is 2.81. The molecule has 1 aliphatic rings. The van der Waals surface area contributed by atoms with Gasteiger partial charge in [0.05, 0.1) is 22.4 Å². The zero-order chi connectivity index (χ0) is 21.8. The smallest absolute Gasteiger partial charge is 0.329 e. The van der Waals surface area contributed by atoms with Crippen LogP contribution in [0.5, 0.6) is 11.5 Å². The molecule has 2 atom stereocenters. The second kappa shape index (κ2) is 8.73. The third-order valence-corrected chi connectivity index (χ3v) is 4.63. The minimum Gasteiger partial charge on any atom is -0.491 e. The van der Waals surface area contributed by atoms with Gasteiger partial charge in [0.2, 0.25) is 0 Å². The number of benzene rings is 2. The van der Waals surface area contributed by atoms with E-state index in [4.69, 9.17) is 9.47 Å². The zero-order valence-electron chi connectivity index (χ0n) is 16.8. The van der Waals surface area contributed by atoms with Gasteiger partial charge in [0.25, 0.3) is 11.6 Å². The molecule has 1 aliphatic heterocycles. The van der Waals surface area contributed by atoms with Crippen molar-refractivity contribution in [3.8, 4) is 11.5 Å². The summed E-state index contributed by atoms with van der Waals surface area (Å²) in [6.45, 7) is 5.56. The van der Waals surface area contributed by atoms with Gasteiger partial charge in [0.15, 0.2) is 5.92 Å². The molecule has 0 aliphatic carbocycles. The molecule has 30 heavy (non-hydrogen) atoms. The molecule has 0 bridgehead atoms. The summed E-state index contributed by atoms with van der Waals surface area (Å²) in [6.07, 6.45) is 0.942. The highest BCUT2D eigenvalue weighted by molar-refractivity contribution is 6.25. The Morgan fingerprint density at radius 1 is 1.17 bits per heavy atom. The van der Waals surface area contributed by atoms with Crippen LogP contribution in [0.3, 0.4) is 0 Å². The quantitative estimate of drug-likeness (QED) is 0.226. The van der Waals surface area contributed by atoms with Gasteiger partial charge in [-0.25, -0.2) is 0 Å². The van der Waals surface area contributed by atoms with Crippen LogP contribution >= 0.6 is 0 Å². The minimum absolute atomic E-state index is 0.0723. The summed E-state index contributed by atoms with van der Waals surface area (Å²) in [5.41, 5.74) is 0.671. The molecule has 0 radical (unpaired) electrons. The lowest BCUT2D eigenvalue weighted by molar-refractivity contribution is -0.384. The molecule has 1 heterocycles. The Morgan fingerprint density at radius 2 is 1.77 bits per heavy atom. The Bertz CT molecular complexity index is 985. The molecule has 9 heteroatoms. The topological polar surface area (TPSA) is 111 Å². The summed E-state index contributed by atoms with van der Waals surface area (Å²) in [6, 6.07) is 11.9. The van der Waals surface area contributed by atoms with Crippen LogP contribution in [0, 0.1) is 16.0 Å². The van der Waals surface area contributed by atoms with Crippen LogP contribution in [-0.4, -0.2) is 28.6 Å². The lowest BCUT2D eigenvalue weighted by atomic mass is 10.1. The number of nitro groups is 1. The SMILES string of the molecule is CCC(C)Oc1ccc(N2N=C(C)C(C(=O)Oc3ccc([N+](=O)[O-])cc3)C2=O)cc1. The third-order valence-electron chi connectivity index (χ3n) is 4.63. The Balaban J connectivity index is 1.70. The van der Waals surface area contributed by atoms with Crippen LogP contribution in [0.15, 0.2) is 53.6 Å². The normalized spacial score (nSPS) is 16.8. The van der Waals surface area contributed by atoms with Crippen LogP contribution in [-0.2, 0) is 9.59 Å². The van der Waals surface area contributed by atoms with Gasteiger partial charge in [-0.15, -0.1) is 0 Å². The number of nitrogens with zero attached hydrogens (tertiary/aromatic N) is 3. The molecule has 0 saturated heterocycles. The Kier molecular flexibility index (Phi) is 6.10. The number of carbonyl (C=O) groups is 2. The number of hydrazone groups is 1. The molecule has 2 aromatic carbocycles. The summed E-state index contributed by atoms with van der Waals surface area (Å²) >= 11 is 0. The predicted octanol–water partition coefficient (Wildman–Crippen LogP) is 3.72. The van der Waals surface area contributed by atoms with Crippen molar-refractivity contribution < 1.29 is 24.0 Å². The van der Waals surface area contributed by atoms with Crippen molar-refractivity contribution >= 4 is 29.0 Å².